The van der Waals surface area contributed by atoms with Crippen LogP contribution in [0.15, 0.2) is 6.20 Å². The quantitative estimate of drug-likeness (QED) is 0.621. The molecule has 0 atom stereocenters. The van der Waals surface area contributed by atoms with Gasteiger partial charge in [0.2, 0.25) is 0 Å². The number of rotatable bonds is 2. The van der Waals surface area contributed by atoms with Crippen molar-refractivity contribution < 1.29 is 4.79 Å². The van der Waals surface area contributed by atoms with E-state index in [0.29, 0.717) is 5.92 Å². The molecule has 0 saturated heterocycles. The second-order valence-corrected chi connectivity index (χ2v) is 3.39. The minimum atomic E-state index is 0.548. The highest BCUT2D eigenvalue weighted by Gasteiger charge is 2.24. The van der Waals surface area contributed by atoms with Crippen molar-refractivity contribution in [1.82, 2.24) is 9.78 Å². The zero-order valence-corrected chi connectivity index (χ0v) is 7.16. The second-order valence-electron chi connectivity index (χ2n) is 3.39. The molecule has 2 rings (SSSR count). The van der Waals surface area contributed by atoms with E-state index in [2.05, 4.69) is 5.10 Å². The van der Waals surface area contributed by atoms with Crippen LogP contribution in [0.5, 0.6) is 0 Å². The fourth-order valence-electron chi connectivity index (χ4n) is 1.61. The highest BCUT2D eigenvalue weighted by molar-refractivity contribution is 5.76. The Morgan fingerprint density at radius 1 is 1.67 bits per heavy atom. The zero-order chi connectivity index (χ0) is 8.55. The van der Waals surface area contributed by atoms with Gasteiger partial charge in [-0.05, 0) is 12.8 Å². The number of aryl methyl sites for hydroxylation is 1. The molecule has 0 aromatic carbocycles. The second kappa shape index (κ2) is 2.73. The van der Waals surface area contributed by atoms with Gasteiger partial charge in [0.1, 0.15) is 0 Å². The molecule has 3 heteroatoms. The van der Waals surface area contributed by atoms with Crippen LogP contribution in [0.4, 0.5) is 0 Å². The molecular weight excluding hydrogens is 152 g/mol. The predicted octanol–water partition coefficient (Wildman–Crippen LogP) is 1.50. The molecule has 0 radical (unpaired) electrons. The van der Waals surface area contributed by atoms with Gasteiger partial charge in [0, 0.05) is 19.2 Å². The maximum Gasteiger partial charge on any atom is 0.153 e. The van der Waals surface area contributed by atoms with Gasteiger partial charge in [-0.25, -0.2) is 0 Å². The van der Waals surface area contributed by atoms with Crippen LogP contribution in [-0.2, 0) is 7.05 Å². The third kappa shape index (κ3) is 1.05. The maximum atomic E-state index is 10.6. The van der Waals surface area contributed by atoms with Gasteiger partial charge in [-0.2, -0.15) is 5.10 Å². The Balaban J connectivity index is 2.33. The first-order valence-corrected chi connectivity index (χ1v) is 4.30. The minimum absolute atomic E-state index is 0.548. The number of aldehydes is 1. The van der Waals surface area contributed by atoms with Crippen molar-refractivity contribution in [1.29, 1.82) is 0 Å². The van der Waals surface area contributed by atoms with Gasteiger partial charge in [0.25, 0.3) is 0 Å². The number of hydrogen-bond acceptors (Lipinski definition) is 2. The summed E-state index contributed by atoms with van der Waals surface area (Å²) in [7, 11) is 1.86. The monoisotopic (exact) mass is 164 g/mol. The fraction of sp³-hybridized carbons (Fsp3) is 0.556. The van der Waals surface area contributed by atoms with Crippen LogP contribution in [0.1, 0.15) is 41.2 Å². The lowest BCUT2D eigenvalue weighted by Crippen LogP contribution is -2.11. The summed E-state index contributed by atoms with van der Waals surface area (Å²) in [6.07, 6.45) is 6.36. The van der Waals surface area contributed by atoms with Gasteiger partial charge in [-0.3, -0.25) is 9.48 Å². The first-order valence-electron chi connectivity index (χ1n) is 4.30. The third-order valence-electron chi connectivity index (χ3n) is 2.51. The molecule has 1 aromatic heterocycles. The molecule has 1 aliphatic carbocycles. The van der Waals surface area contributed by atoms with Crippen LogP contribution in [0.3, 0.4) is 0 Å². The van der Waals surface area contributed by atoms with Crippen LogP contribution in [0.25, 0.3) is 0 Å². The summed E-state index contributed by atoms with van der Waals surface area (Å²) in [5.74, 6) is 0.548. The standard InChI is InChI=1S/C9H12N2O/c1-11-5-8(6-12)9(10-11)7-3-2-4-7/h5-7H,2-4H2,1H3. The Morgan fingerprint density at radius 3 is 2.92 bits per heavy atom. The minimum Gasteiger partial charge on any atom is -0.298 e. The Kier molecular flexibility index (Phi) is 1.71. The molecule has 0 spiro atoms. The molecule has 0 bridgehead atoms. The van der Waals surface area contributed by atoms with Crippen molar-refractivity contribution in [3.05, 3.63) is 17.5 Å². The molecule has 0 N–H and O–H groups in total. The summed E-state index contributed by atoms with van der Waals surface area (Å²) in [4.78, 5) is 10.6. The van der Waals surface area contributed by atoms with E-state index < -0.39 is 0 Å². The third-order valence-corrected chi connectivity index (χ3v) is 2.51. The highest BCUT2D eigenvalue weighted by Crippen LogP contribution is 2.36. The Hall–Kier alpha value is -1.12. The lowest BCUT2D eigenvalue weighted by molar-refractivity contribution is 0.112. The molecule has 1 aromatic rings. The first kappa shape index (κ1) is 7.53. The van der Waals surface area contributed by atoms with E-state index in [-0.39, 0.29) is 0 Å². The van der Waals surface area contributed by atoms with E-state index in [9.17, 15) is 4.79 Å². The Morgan fingerprint density at radius 2 is 2.42 bits per heavy atom. The van der Waals surface area contributed by atoms with Gasteiger partial charge < -0.3 is 0 Å². The van der Waals surface area contributed by atoms with E-state index in [1.807, 2.05) is 7.05 Å². The first-order chi connectivity index (χ1) is 5.81. The van der Waals surface area contributed by atoms with E-state index in [1.165, 1.54) is 19.3 Å². The smallest absolute Gasteiger partial charge is 0.153 e. The van der Waals surface area contributed by atoms with Crippen LogP contribution < -0.4 is 0 Å². The molecule has 1 heterocycles. The van der Waals surface area contributed by atoms with E-state index in [4.69, 9.17) is 0 Å². The summed E-state index contributed by atoms with van der Waals surface area (Å²) in [6.45, 7) is 0. The van der Waals surface area contributed by atoms with Crippen molar-refractivity contribution in [2.75, 3.05) is 0 Å². The van der Waals surface area contributed by atoms with Gasteiger partial charge >= 0.3 is 0 Å². The number of aromatic nitrogens is 2. The molecular formula is C9H12N2O. The summed E-state index contributed by atoms with van der Waals surface area (Å²) in [5.41, 5.74) is 1.76. The lowest BCUT2D eigenvalue weighted by Gasteiger charge is -2.23. The van der Waals surface area contributed by atoms with Crippen molar-refractivity contribution >= 4 is 6.29 Å². The van der Waals surface area contributed by atoms with E-state index in [1.54, 1.807) is 10.9 Å². The van der Waals surface area contributed by atoms with Crippen LogP contribution in [0.2, 0.25) is 0 Å². The van der Waals surface area contributed by atoms with Gasteiger partial charge in [0.05, 0.1) is 11.3 Å². The summed E-state index contributed by atoms with van der Waals surface area (Å²) in [6, 6.07) is 0. The zero-order valence-electron chi connectivity index (χ0n) is 7.16. The summed E-state index contributed by atoms with van der Waals surface area (Å²) in [5, 5.41) is 4.29. The molecule has 0 aliphatic heterocycles. The normalized spacial score (nSPS) is 17.4. The Bertz CT molecular complexity index is 299. The molecule has 0 amide bonds. The van der Waals surface area contributed by atoms with Crippen molar-refractivity contribution in [2.24, 2.45) is 7.05 Å². The average molecular weight is 164 g/mol. The number of nitrogens with zero attached hydrogens (tertiary/aromatic N) is 2. The molecule has 1 aliphatic rings. The van der Waals surface area contributed by atoms with Crippen molar-refractivity contribution in [2.45, 2.75) is 25.2 Å². The van der Waals surface area contributed by atoms with Gasteiger partial charge in [-0.15, -0.1) is 0 Å². The maximum absolute atomic E-state index is 10.6. The fourth-order valence-corrected chi connectivity index (χ4v) is 1.61. The van der Waals surface area contributed by atoms with Crippen LogP contribution in [-0.4, -0.2) is 16.1 Å². The lowest BCUT2D eigenvalue weighted by atomic mass is 9.82. The van der Waals surface area contributed by atoms with Gasteiger partial charge in [0.15, 0.2) is 6.29 Å². The average Bonchev–Trinajstić information content (AvgIpc) is 2.27. The van der Waals surface area contributed by atoms with Crippen molar-refractivity contribution in [3.8, 4) is 0 Å². The Labute approximate surface area is 71.4 Å². The molecule has 12 heavy (non-hydrogen) atoms. The largest absolute Gasteiger partial charge is 0.298 e. The molecule has 1 saturated carbocycles. The number of hydrogen-bond donors (Lipinski definition) is 0. The molecule has 3 nitrogen and oxygen atoms in total. The summed E-state index contributed by atoms with van der Waals surface area (Å²) < 4.78 is 1.72. The summed E-state index contributed by atoms with van der Waals surface area (Å²) >= 11 is 0. The molecule has 64 valence electrons. The van der Waals surface area contributed by atoms with E-state index >= 15 is 0 Å². The number of carbonyl (C=O) groups excluding carboxylic acids is 1. The topological polar surface area (TPSA) is 34.9 Å². The number of carbonyl (C=O) groups is 1. The predicted molar refractivity (Wildman–Crippen MR) is 45.2 cm³/mol. The van der Waals surface area contributed by atoms with Crippen molar-refractivity contribution in [3.63, 3.8) is 0 Å². The SMILES string of the molecule is Cn1cc(C=O)c(C2CCC2)n1. The highest BCUT2D eigenvalue weighted by atomic mass is 16.1. The van der Waals surface area contributed by atoms with Gasteiger partial charge in [-0.1, -0.05) is 6.42 Å². The molecule has 1 fully saturated rings. The van der Waals surface area contributed by atoms with E-state index in [0.717, 1.165) is 17.5 Å². The van der Waals surface area contributed by atoms with Crippen LogP contribution in [0, 0.1) is 0 Å². The van der Waals surface area contributed by atoms with Crippen LogP contribution >= 0.6 is 0 Å². The molecule has 0 unspecified atom stereocenters.